The summed E-state index contributed by atoms with van der Waals surface area (Å²) in [4.78, 5) is 27.4. The van der Waals surface area contributed by atoms with Gasteiger partial charge >= 0.3 is 6.09 Å². The van der Waals surface area contributed by atoms with Crippen molar-refractivity contribution in [2.24, 2.45) is 13.0 Å². The third-order valence-electron chi connectivity index (χ3n) is 5.80. The summed E-state index contributed by atoms with van der Waals surface area (Å²) in [7, 11) is 1.82. The van der Waals surface area contributed by atoms with Crippen LogP contribution in [-0.2, 0) is 24.9 Å². The van der Waals surface area contributed by atoms with Crippen LogP contribution in [0, 0.1) is 11.7 Å². The van der Waals surface area contributed by atoms with Gasteiger partial charge in [-0.25, -0.2) is 9.18 Å². The standard InChI is InChI=1S/C27H36FN5O3/c1-16(2)11-17(3)23-18(4)31-24-21(14-30-32(24)8)15-33(23)25(34)19-9-10-20(22(28)12-19)13-29-26(35)36-27(5,6)7/h9-12,14,17,23,31H,4,13,15H2,1-3,5-8H3,(H,29,35). The van der Waals surface area contributed by atoms with Gasteiger partial charge in [0.1, 0.15) is 17.2 Å². The number of anilines is 1. The molecule has 0 fully saturated rings. The summed E-state index contributed by atoms with van der Waals surface area (Å²) in [6, 6.07) is 3.93. The Morgan fingerprint density at radius 1 is 1.36 bits per heavy atom. The van der Waals surface area contributed by atoms with Crippen LogP contribution in [0.3, 0.4) is 0 Å². The molecule has 9 heteroatoms. The molecule has 2 heterocycles. The summed E-state index contributed by atoms with van der Waals surface area (Å²) in [6.07, 6.45) is 3.18. The third kappa shape index (κ3) is 6.33. The average Bonchev–Trinajstić information content (AvgIpc) is 3.00. The largest absolute Gasteiger partial charge is 0.444 e. The molecule has 1 aromatic carbocycles. The first kappa shape index (κ1) is 27.0. The van der Waals surface area contributed by atoms with Gasteiger partial charge in [-0.1, -0.05) is 31.2 Å². The molecule has 1 aromatic heterocycles. The number of allylic oxidation sites excluding steroid dienone is 1. The van der Waals surface area contributed by atoms with Crippen molar-refractivity contribution in [3.8, 4) is 0 Å². The van der Waals surface area contributed by atoms with Gasteiger partial charge < -0.3 is 20.3 Å². The summed E-state index contributed by atoms with van der Waals surface area (Å²) < 4.78 is 21.9. The Bertz CT molecular complexity index is 1190. The summed E-state index contributed by atoms with van der Waals surface area (Å²) in [6.45, 7) is 15.8. The lowest BCUT2D eigenvalue weighted by Crippen LogP contribution is -2.44. The molecule has 2 unspecified atom stereocenters. The smallest absolute Gasteiger partial charge is 0.407 e. The number of ether oxygens (including phenoxy) is 1. The van der Waals surface area contributed by atoms with E-state index in [1.165, 1.54) is 12.1 Å². The van der Waals surface area contributed by atoms with Crippen molar-refractivity contribution >= 4 is 17.8 Å². The number of aryl methyl sites for hydroxylation is 1. The quantitative estimate of drug-likeness (QED) is 0.559. The van der Waals surface area contributed by atoms with Gasteiger partial charge in [-0.05, 0) is 46.8 Å². The summed E-state index contributed by atoms with van der Waals surface area (Å²) in [5.41, 5.74) is 2.44. The van der Waals surface area contributed by atoms with Gasteiger partial charge in [0.2, 0.25) is 0 Å². The summed E-state index contributed by atoms with van der Waals surface area (Å²) >= 11 is 0. The van der Waals surface area contributed by atoms with E-state index < -0.39 is 17.5 Å². The number of hydrogen-bond acceptors (Lipinski definition) is 5. The minimum atomic E-state index is -0.655. The zero-order valence-electron chi connectivity index (χ0n) is 22.1. The van der Waals surface area contributed by atoms with E-state index >= 15 is 0 Å². The summed E-state index contributed by atoms with van der Waals surface area (Å²) in [5, 5.41) is 10.2. The fourth-order valence-electron chi connectivity index (χ4n) is 4.34. The molecule has 2 atom stereocenters. The maximum absolute atomic E-state index is 15.0. The Morgan fingerprint density at radius 2 is 2.06 bits per heavy atom. The number of rotatable bonds is 5. The Balaban J connectivity index is 1.88. The molecule has 2 aromatic rings. The van der Waals surface area contributed by atoms with E-state index in [0.717, 1.165) is 17.0 Å². The van der Waals surface area contributed by atoms with Crippen LogP contribution in [0.4, 0.5) is 15.0 Å². The van der Waals surface area contributed by atoms with Crippen LogP contribution in [0.15, 0.2) is 48.3 Å². The highest BCUT2D eigenvalue weighted by molar-refractivity contribution is 5.95. The Hall–Kier alpha value is -3.62. The lowest BCUT2D eigenvalue weighted by molar-refractivity contribution is 0.0522. The van der Waals surface area contributed by atoms with Crippen LogP contribution in [-0.4, -0.2) is 38.3 Å². The number of alkyl carbamates (subject to hydrolysis) is 1. The van der Waals surface area contributed by atoms with Crippen LogP contribution in [0.1, 0.15) is 63.0 Å². The minimum Gasteiger partial charge on any atom is -0.444 e. The SMILES string of the molecule is C=C1Nc2c(cnn2C)CN(C(=O)c2ccc(CNC(=O)OC(C)(C)C)c(F)c2)C1C(C)C=C(C)C. The molecule has 2 N–H and O–H groups in total. The van der Waals surface area contributed by atoms with Gasteiger partial charge in [-0.3, -0.25) is 9.48 Å². The van der Waals surface area contributed by atoms with Gasteiger partial charge in [0.25, 0.3) is 5.91 Å². The molecule has 1 aliphatic rings. The van der Waals surface area contributed by atoms with Gasteiger partial charge in [0, 0.05) is 41.9 Å². The van der Waals surface area contributed by atoms with Crippen LogP contribution in [0.2, 0.25) is 0 Å². The minimum absolute atomic E-state index is 0.0385. The second-order valence-corrected chi connectivity index (χ2v) is 10.4. The molecule has 0 aliphatic carbocycles. The fourth-order valence-corrected chi connectivity index (χ4v) is 4.34. The Labute approximate surface area is 212 Å². The normalized spacial score (nSPS) is 16.4. The highest BCUT2D eigenvalue weighted by Crippen LogP contribution is 2.32. The molecule has 8 nitrogen and oxygen atoms in total. The first-order valence-corrected chi connectivity index (χ1v) is 11.9. The molecule has 0 saturated heterocycles. The van der Waals surface area contributed by atoms with Crippen LogP contribution in [0.5, 0.6) is 0 Å². The van der Waals surface area contributed by atoms with Crippen molar-refractivity contribution in [3.63, 3.8) is 0 Å². The van der Waals surface area contributed by atoms with Gasteiger partial charge in [-0.2, -0.15) is 5.10 Å². The van der Waals surface area contributed by atoms with E-state index in [9.17, 15) is 14.0 Å². The lowest BCUT2D eigenvalue weighted by atomic mass is 9.94. The van der Waals surface area contributed by atoms with E-state index in [4.69, 9.17) is 4.74 Å². The van der Waals surface area contributed by atoms with Crippen molar-refractivity contribution in [2.75, 3.05) is 5.32 Å². The number of benzene rings is 1. The molecule has 2 amide bonds. The highest BCUT2D eigenvalue weighted by atomic mass is 19.1. The Kier molecular flexibility index (Phi) is 7.91. The fraction of sp³-hybridized carbons (Fsp3) is 0.444. The number of aromatic nitrogens is 2. The molecule has 36 heavy (non-hydrogen) atoms. The molecule has 0 spiro atoms. The number of amides is 2. The number of carbonyl (C=O) groups excluding carboxylic acids is 2. The molecule has 194 valence electrons. The van der Waals surface area contributed by atoms with E-state index in [-0.39, 0.29) is 35.5 Å². The lowest BCUT2D eigenvalue weighted by Gasteiger charge is -2.34. The van der Waals surface area contributed by atoms with E-state index in [1.807, 2.05) is 27.8 Å². The predicted molar refractivity (Wildman–Crippen MR) is 138 cm³/mol. The number of fused-ring (bicyclic) bond motifs is 1. The first-order chi connectivity index (χ1) is 16.8. The van der Waals surface area contributed by atoms with Gasteiger partial charge in [0.05, 0.1) is 18.8 Å². The zero-order valence-corrected chi connectivity index (χ0v) is 22.1. The second kappa shape index (κ2) is 10.6. The van der Waals surface area contributed by atoms with Crippen molar-refractivity contribution in [1.82, 2.24) is 20.0 Å². The van der Waals surface area contributed by atoms with E-state index in [2.05, 4.69) is 28.4 Å². The van der Waals surface area contributed by atoms with E-state index in [1.54, 1.807) is 42.6 Å². The van der Waals surface area contributed by atoms with Crippen LogP contribution >= 0.6 is 0 Å². The molecule has 0 bridgehead atoms. The van der Waals surface area contributed by atoms with Gasteiger partial charge in [-0.15, -0.1) is 0 Å². The number of carbonyl (C=O) groups is 2. The predicted octanol–water partition coefficient (Wildman–Crippen LogP) is 5.14. The van der Waals surface area contributed by atoms with Crippen molar-refractivity contribution in [1.29, 1.82) is 0 Å². The van der Waals surface area contributed by atoms with E-state index in [0.29, 0.717) is 12.2 Å². The topological polar surface area (TPSA) is 88.5 Å². The zero-order chi connectivity index (χ0) is 26.8. The average molecular weight is 498 g/mol. The molecule has 0 saturated carbocycles. The van der Waals surface area contributed by atoms with Crippen LogP contribution < -0.4 is 10.6 Å². The number of hydrogen-bond donors (Lipinski definition) is 2. The monoisotopic (exact) mass is 497 g/mol. The number of nitrogens with one attached hydrogen (secondary N) is 2. The van der Waals surface area contributed by atoms with Crippen molar-refractivity contribution in [2.45, 2.75) is 66.3 Å². The summed E-state index contributed by atoms with van der Waals surface area (Å²) in [5.74, 6) is -0.165. The molecular formula is C27H36FN5O3. The van der Waals surface area contributed by atoms with Crippen LogP contribution in [0.25, 0.3) is 0 Å². The number of halogens is 1. The second-order valence-electron chi connectivity index (χ2n) is 10.4. The molecule has 0 radical (unpaired) electrons. The van der Waals surface area contributed by atoms with Gasteiger partial charge in [0.15, 0.2) is 0 Å². The molecule has 1 aliphatic heterocycles. The maximum Gasteiger partial charge on any atom is 0.407 e. The van der Waals surface area contributed by atoms with Crippen molar-refractivity contribution < 1.29 is 18.7 Å². The highest BCUT2D eigenvalue weighted by Gasteiger charge is 2.35. The Morgan fingerprint density at radius 3 is 2.67 bits per heavy atom. The molecular weight excluding hydrogens is 461 g/mol. The first-order valence-electron chi connectivity index (χ1n) is 11.9. The third-order valence-corrected chi connectivity index (χ3v) is 5.80. The molecule has 3 rings (SSSR count). The van der Waals surface area contributed by atoms with Crippen molar-refractivity contribution in [3.05, 3.63) is 70.8 Å². The maximum atomic E-state index is 15.0. The number of nitrogens with zero attached hydrogens (tertiary/aromatic N) is 3.